The quantitative estimate of drug-likeness (QED) is 0.829. The molecule has 0 bridgehead atoms. The maximum atomic E-state index is 11.7. The summed E-state index contributed by atoms with van der Waals surface area (Å²) in [6.45, 7) is 5.80. The van der Waals surface area contributed by atoms with Gasteiger partial charge in [-0.3, -0.25) is 4.79 Å². The summed E-state index contributed by atoms with van der Waals surface area (Å²) in [6, 6.07) is 8.07. The van der Waals surface area contributed by atoms with E-state index in [0.717, 1.165) is 18.7 Å². The van der Waals surface area contributed by atoms with E-state index in [1.807, 2.05) is 32.2 Å². The fourth-order valence-corrected chi connectivity index (χ4v) is 1.78. The molecule has 0 aliphatic carbocycles. The maximum absolute atomic E-state index is 11.7. The van der Waals surface area contributed by atoms with Crippen LogP contribution in [0.4, 0.5) is 0 Å². The number of nitrogens with one attached hydrogen (secondary N) is 2. The molecule has 4 heteroatoms. The average molecular weight is 271 g/mol. The standard InChI is InChI=1S/C14H22N2O.ClH/c1-11-5-4-6-13(7-11)8-14(17)16-10-12(2)9-15-3;/h4-7,12,15H,8-10H2,1-3H3,(H,16,17);1H. The van der Waals surface area contributed by atoms with Crippen LogP contribution in [0.25, 0.3) is 0 Å². The molecule has 0 saturated heterocycles. The summed E-state index contributed by atoms with van der Waals surface area (Å²) >= 11 is 0. The number of carbonyl (C=O) groups excluding carboxylic acids is 1. The van der Waals surface area contributed by atoms with Crippen LogP contribution in [0, 0.1) is 12.8 Å². The number of halogens is 1. The van der Waals surface area contributed by atoms with Crippen LogP contribution >= 0.6 is 12.4 Å². The van der Waals surface area contributed by atoms with Crippen molar-refractivity contribution in [3.8, 4) is 0 Å². The molecule has 0 saturated carbocycles. The van der Waals surface area contributed by atoms with Crippen molar-refractivity contribution < 1.29 is 4.79 Å². The molecule has 0 spiro atoms. The summed E-state index contributed by atoms with van der Waals surface area (Å²) in [5.41, 5.74) is 2.27. The molecule has 1 unspecified atom stereocenters. The van der Waals surface area contributed by atoms with E-state index in [4.69, 9.17) is 0 Å². The Kier molecular flexibility index (Phi) is 8.42. The van der Waals surface area contributed by atoms with Gasteiger partial charge in [-0.2, -0.15) is 0 Å². The topological polar surface area (TPSA) is 41.1 Å². The van der Waals surface area contributed by atoms with Crippen LogP contribution in [-0.2, 0) is 11.2 Å². The number of benzene rings is 1. The molecule has 0 aliphatic rings. The van der Waals surface area contributed by atoms with Gasteiger partial charge in [0.05, 0.1) is 6.42 Å². The lowest BCUT2D eigenvalue weighted by Gasteiger charge is -2.12. The second-order valence-electron chi connectivity index (χ2n) is 4.63. The largest absolute Gasteiger partial charge is 0.355 e. The Morgan fingerprint density at radius 3 is 2.67 bits per heavy atom. The highest BCUT2D eigenvalue weighted by Crippen LogP contribution is 2.04. The Morgan fingerprint density at radius 2 is 2.06 bits per heavy atom. The first-order valence-electron chi connectivity index (χ1n) is 6.08. The number of hydrogen-bond acceptors (Lipinski definition) is 2. The molecule has 0 aliphatic heterocycles. The van der Waals surface area contributed by atoms with Crippen LogP contribution in [0.3, 0.4) is 0 Å². The number of amides is 1. The van der Waals surface area contributed by atoms with Crippen molar-refractivity contribution in [1.29, 1.82) is 0 Å². The van der Waals surface area contributed by atoms with E-state index in [-0.39, 0.29) is 18.3 Å². The van der Waals surface area contributed by atoms with E-state index in [2.05, 4.69) is 23.6 Å². The molecule has 18 heavy (non-hydrogen) atoms. The van der Waals surface area contributed by atoms with E-state index in [9.17, 15) is 4.79 Å². The number of rotatable bonds is 6. The Hall–Kier alpha value is -1.06. The van der Waals surface area contributed by atoms with Gasteiger partial charge in [-0.25, -0.2) is 0 Å². The van der Waals surface area contributed by atoms with Crippen LogP contribution in [0.1, 0.15) is 18.1 Å². The molecule has 1 rings (SSSR count). The minimum Gasteiger partial charge on any atom is -0.355 e. The molecule has 3 nitrogen and oxygen atoms in total. The van der Waals surface area contributed by atoms with Crippen molar-refractivity contribution >= 4 is 18.3 Å². The van der Waals surface area contributed by atoms with E-state index >= 15 is 0 Å². The molecule has 102 valence electrons. The van der Waals surface area contributed by atoms with Crippen LogP contribution in [-0.4, -0.2) is 26.0 Å². The summed E-state index contributed by atoms with van der Waals surface area (Å²) in [6.07, 6.45) is 0.466. The fraction of sp³-hybridized carbons (Fsp3) is 0.500. The molecule has 1 amide bonds. The summed E-state index contributed by atoms with van der Waals surface area (Å²) in [7, 11) is 1.92. The van der Waals surface area contributed by atoms with Crippen LogP contribution < -0.4 is 10.6 Å². The zero-order chi connectivity index (χ0) is 12.7. The zero-order valence-corrected chi connectivity index (χ0v) is 12.1. The molecule has 0 radical (unpaired) electrons. The molecular weight excluding hydrogens is 248 g/mol. The van der Waals surface area contributed by atoms with Gasteiger partial charge in [0.15, 0.2) is 0 Å². The van der Waals surface area contributed by atoms with Crippen LogP contribution in [0.5, 0.6) is 0 Å². The summed E-state index contributed by atoms with van der Waals surface area (Å²) < 4.78 is 0. The van der Waals surface area contributed by atoms with Crippen molar-refractivity contribution in [1.82, 2.24) is 10.6 Å². The van der Waals surface area contributed by atoms with Gasteiger partial charge in [0, 0.05) is 6.54 Å². The van der Waals surface area contributed by atoms with Gasteiger partial charge in [0.2, 0.25) is 5.91 Å². The van der Waals surface area contributed by atoms with E-state index in [1.54, 1.807) is 0 Å². The normalized spacial score (nSPS) is 11.5. The average Bonchev–Trinajstić information content (AvgIpc) is 2.27. The number of carbonyl (C=O) groups is 1. The lowest BCUT2D eigenvalue weighted by Crippen LogP contribution is -2.33. The third-order valence-electron chi connectivity index (χ3n) is 2.65. The summed E-state index contributed by atoms with van der Waals surface area (Å²) in [5.74, 6) is 0.556. The molecule has 1 aromatic rings. The van der Waals surface area contributed by atoms with Crippen LogP contribution in [0.2, 0.25) is 0 Å². The fourth-order valence-electron chi connectivity index (χ4n) is 1.78. The molecule has 0 fully saturated rings. The van der Waals surface area contributed by atoms with Crippen molar-refractivity contribution in [2.24, 2.45) is 5.92 Å². The van der Waals surface area contributed by atoms with Crippen molar-refractivity contribution in [2.75, 3.05) is 20.1 Å². The van der Waals surface area contributed by atoms with Gasteiger partial charge < -0.3 is 10.6 Å². The first kappa shape index (κ1) is 16.9. The predicted octanol–water partition coefficient (Wildman–Crippen LogP) is 1.93. The smallest absolute Gasteiger partial charge is 0.224 e. The van der Waals surface area contributed by atoms with Gasteiger partial charge in [0.1, 0.15) is 0 Å². The molecule has 1 atom stereocenters. The first-order chi connectivity index (χ1) is 8.11. The Morgan fingerprint density at radius 1 is 1.33 bits per heavy atom. The zero-order valence-electron chi connectivity index (χ0n) is 11.3. The lowest BCUT2D eigenvalue weighted by molar-refractivity contribution is -0.120. The van der Waals surface area contributed by atoms with Gasteiger partial charge >= 0.3 is 0 Å². The second kappa shape index (κ2) is 8.95. The monoisotopic (exact) mass is 270 g/mol. The molecule has 0 heterocycles. The highest BCUT2D eigenvalue weighted by atomic mass is 35.5. The van der Waals surface area contributed by atoms with Gasteiger partial charge in [0.25, 0.3) is 0 Å². The third kappa shape index (κ3) is 6.62. The van der Waals surface area contributed by atoms with Gasteiger partial charge in [-0.15, -0.1) is 12.4 Å². The maximum Gasteiger partial charge on any atom is 0.224 e. The van der Waals surface area contributed by atoms with E-state index < -0.39 is 0 Å². The highest BCUT2D eigenvalue weighted by molar-refractivity contribution is 5.85. The summed E-state index contributed by atoms with van der Waals surface area (Å²) in [4.78, 5) is 11.7. The molecule has 1 aromatic carbocycles. The number of hydrogen-bond donors (Lipinski definition) is 2. The number of aryl methyl sites for hydroxylation is 1. The minimum atomic E-state index is 0. The van der Waals surface area contributed by atoms with E-state index in [0.29, 0.717) is 12.3 Å². The van der Waals surface area contributed by atoms with Gasteiger partial charge in [-0.1, -0.05) is 36.8 Å². The Bertz CT molecular complexity index is 369. The van der Waals surface area contributed by atoms with Crippen molar-refractivity contribution in [2.45, 2.75) is 20.3 Å². The molecule has 0 aromatic heterocycles. The Balaban J connectivity index is 0.00000289. The van der Waals surface area contributed by atoms with Crippen molar-refractivity contribution in [3.63, 3.8) is 0 Å². The second-order valence-corrected chi connectivity index (χ2v) is 4.63. The molecular formula is C14H23ClN2O. The van der Waals surface area contributed by atoms with Crippen LogP contribution in [0.15, 0.2) is 24.3 Å². The third-order valence-corrected chi connectivity index (χ3v) is 2.65. The highest BCUT2D eigenvalue weighted by Gasteiger charge is 2.05. The molecule has 2 N–H and O–H groups in total. The lowest BCUT2D eigenvalue weighted by atomic mass is 10.1. The van der Waals surface area contributed by atoms with E-state index in [1.165, 1.54) is 5.56 Å². The van der Waals surface area contributed by atoms with Gasteiger partial charge in [-0.05, 0) is 32.0 Å². The first-order valence-corrected chi connectivity index (χ1v) is 6.08. The Labute approximate surface area is 116 Å². The minimum absolute atomic E-state index is 0. The summed E-state index contributed by atoms with van der Waals surface area (Å²) in [5, 5.41) is 6.05. The van der Waals surface area contributed by atoms with Crippen molar-refractivity contribution in [3.05, 3.63) is 35.4 Å². The SMILES string of the molecule is CNCC(C)CNC(=O)Cc1cccc(C)c1.Cl. The predicted molar refractivity (Wildman–Crippen MR) is 78.2 cm³/mol.